The quantitative estimate of drug-likeness (QED) is 0.151. The van der Waals surface area contributed by atoms with E-state index in [1.54, 1.807) is 13.3 Å². The molecule has 4 nitrogen and oxygen atoms in total. The highest BCUT2D eigenvalue weighted by Crippen LogP contribution is 2.29. The molecule has 1 unspecified atom stereocenters. The third kappa shape index (κ3) is 8.49. The number of allylic oxidation sites excluding steroid dienone is 1. The molecule has 0 aliphatic rings. The maximum absolute atomic E-state index is 6.10. The summed E-state index contributed by atoms with van der Waals surface area (Å²) in [4.78, 5) is 4.77. The molecular formula is C27H37NO3. The lowest BCUT2D eigenvalue weighted by Crippen LogP contribution is -2.02. The highest BCUT2D eigenvalue weighted by Gasteiger charge is 2.08. The Hall–Kier alpha value is -2.75. The summed E-state index contributed by atoms with van der Waals surface area (Å²) in [5.41, 5.74) is 4.67. The molecule has 168 valence electrons. The topological polar surface area (TPSA) is 40.0 Å². The lowest BCUT2D eigenvalue weighted by Gasteiger charge is -2.15. The lowest BCUT2D eigenvalue weighted by atomic mass is 9.94. The number of nitrogens with zero attached hydrogens (tertiary/aromatic N) is 1. The van der Waals surface area contributed by atoms with Gasteiger partial charge in [0.05, 0.1) is 12.8 Å². The van der Waals surface area contributed by atoms with E-state index in [1.165, 1.54) is 18.4 Å². The average molecular weight is 424 g/mol. The molecule has 2 rings (SSSR count). The monoisotopic (exact) mass is 423 g/mol. The molecule has 0 aliphatic carbocycles. The van der Waals surface area contributed by atoms with Crippen molar-refractivity contribution in [1.82, 2.24) is 0 Å². The number of unbranched alkanes of at least 4 members (excludes halogenated alkanes) is 2. The second-order valence-electron chi connectivity index (χ2n) is 7.95. The first-order valence-electron chi connectivity index (χ1n) is 11.2. The summed E-state index contributed by atoms with van der Waals surface area (Å²) in [5.74, 6) is 2.41. The maximum atomic E-state index is 6.10. The number of aryl methyl sites for hydroxylation is 2. The molecule has 0 N–H and O–H groups in total. The van der Waals surface area contributed by atoms with E-state index in [0.29, 0.717) is 12.5 Å². The van der Waals surface area contributed by atoms with Crippen molar-refractivity contribution in [3.63, 3.8) is 0 Å². The third-order valence-electron chi connectivity index (χ3n) is 5.33. The molecule has 0 aliphatic heterocycles. The highest BCUT2D eigenvalue weighted by molar-refractivity contribution is 5.79. The Morgan fingerprint density at radius 1 is 1.00 bits per heavy atom. The summed E-state index contributed by atoms with van der Waals surface area (Å²) in [6, 6.07) is 12.6. The second-order valence-corrected chi connectivity index (χ2v) is 7.95. The lowest BCUT2D eigenvalue weighted by molar-refractivity contribution is 0.215. The van der Waals surface area contributed by atoms with Crippen LogP contribution in [0.1, 0.15) is 67.7 Å². The van der Waals surface area contributed by atoms with Crippen molar-refractivity contribution in [2.24, 2.45) is 5.16 Å². The number of oxime groups is 1. The van der Waals surface area contributed by atoms with Gasteiger partial charge in [-0.1, -0.05) is 55.3 Å². The van der Waals surface area contributed by atoms with Crippen LogP contribution < -0.4 is 9.47 Å². The van der Waals surface area contributed by atoms with Crippen molar-refractivity contribution in [2.45, 2.75) is 59.3 Å². The predicted molar refractivity (Wildman–Crippen MR) is 130 cm³/mol. The summed E-state index contributed by atoms with van der Waals surface area (Å²) in [6.07, 6.45) is 10.3. The van der Waals surface area contributed by atoms with Gasteiger partial charge in [-0.05, 0) is 80.0 Å². The zero-order valence-corrected chi connectivity index (χ0v) is 19.7. The van der Waals surface area contributed by atoms with Crippen LogP contribution in [0.5, 0.6) is 11.5 Å². The van der Waals surface area contributed by atoms with Gasteiger partial charge in [0.15, 0.2) is 0 Å². The van der Waals surface area contributed by atoms with Gasteiger partial charge in [-0.25, -0.2) is 0 Å². The first kappa shape index (κ1) is 24.5. The maximum Gasteiger partial charge on any atom is 0.125 e. The third-order valence-corrected chi connectivity index (χ3v) is 5.33. The largest absolute Gasteiger partial charge is 0.493 e. The normalized spacial score (nSPS) is 12.4. The van der Waals surface area contributed by atoms with Crippen LogP contribution in [-0.4, -0.2) is 26.5 Å². The van der Waals surface area contributed by atoms with Crippen LogP contribution in [0.15, 0.2) is 53.7 Å². The Morgan fingerprint density at radius 3 is 2.48 bits per heavy atom. The predicted octanol–water partition coefficient (Wildman–Crippen LogP) is 6.98. The van der Waals surface area contributed by atoms with Crippen molar-refractivity contribution in [3.8, 4) is 11.5 Å². The standard InChI is InChI=1S/C27H37NO3/c1-6-7-15-30-26-17-22(3)27(23(4)18-26)31-16-10-8-9-12-21(2)25-14-11-13-24(19-25)20-28-29-5/h6-7,11,13-14,17-21H,8-10,12,15-16H2,1-5H3/b7-6+,28-20+. The number of benzene rings is 2. The summed E-state index contributed by atoms with van der Waals surface area (Å²) >= 11 is 0. The van der Waals surface area contributed by atoms with Crippen LogP contribution in [0.25, 0.3) is 0 Å². The Morgan fingerprint density at radius 2 is 1.77 bits per heavy atom. The number of hydrogen-bond donors (Lipinski definition) is 0. The molecular weight excluding hydrogens is 386 g/mol. The molecule has 31 heavy (non-hydrogen) atoms. The van der Waals surface area contributed by atoms with Gasteiger partial charge in [0.1, 0.15) is 25.2 Å². The van der Waals surface area contributed by atoms with Gasteiger partial charge in [-0.3, -0.25) is 0 Å². The van der Waals surface area contributed by atoms with Crippen LogP contribution in [0.3, 0.4) is 0 Å². The van der Waals surface area contributed by atoms with E-state index in [1.807, 2.05) is 25.1 Å². The van der Waals surface area contributed by atoms with Crippen molar-refractivity contribution < 1.29 is 14.3 Å². The fraction of sp³-hybridized carbons (Fsp3) is 0.444. The molecule has 0 amide bonds. The highest BCUT2D eigenvalue weighted by atomic mass is 16.6. The van der Waals surface area contributed by atoms with Crippen molar-refractivity contribution in [3.05, 3.63) is 70.8 Å². The summed E-state index contributed by atoms with van der Waals surface area (Å²) < 4.78 is 11.8. The smallest absolute Gasteiger partial charge is 0.125 e. The minimum absolute atomic E-state index is 0.524. The fourth-order valence-electron chi connectivity index (χ4n) is 3.59. The van der Waals surface area contributed by atoms with Gasteiger partial charge >= 0.3 is 0 Å². The van der Waals surface area contributed by atoms with Crippen LogP contribution >= 0.6 is 0 Å². The van der Waals surface area contributed by atoms with Gasteiger partial charge in [-0.2, -0.15) is 0 Å². The van der Waals surface area contributed by atoms with Gasteiger partial charge in [0.25, 0.3) is 0 Å². The van der Waals surface area contributed by atoms with E-state index >= 15 is 0 Å². The van der Waals surface area contributed by atoms with Gasteiger partial charge in [0.2, 0.25) is 0 Å². The van der Waals surface area contributed by atoms with Gasteiger partial charge < -0.3 is 14.3 Å². The molecule has 0 saturated carbocycles. The van der Waals surface area contributed by atoms with E-state index in [2.05, 4.69) is 56.3 Å². The SMILES string of the molecule is C/C=C/COc1cc(C)c(OCCCCCC(C)c2cccc(/C=N/OC)c2)c(C)c1. The number of ether oxygens (including phenoxy) is 2. The Labute approximate surface area is 187 Å². The molecule has 0 spiro atoms. The van der Waals surface area contributed by atoms with Gasteiger partial charge in [0, 0.05) is 0 Å². The minimum atomic E-state index is 0.524. The van der Waals surface area contributed by atoms with Crippen LogP contribution in [-0.2, 0) is 4.84 Å². The van der Waals surface area contributed by atoms with Crippen LogP contribution in [0, 0.1) is 13.8 Å². The Bertz CT molecular complexity index is 834. The van der Waals surface area contributed by atoms with E-state index in [4.69, 9.17) is 14.3 Å². The first-order chi connectivity index (χ1) is 15.0. The molecule has 0 heterocycles. The Balaban J connectivity index is 1.73. The molecule has 0 aromatic heterocycles. The van der Waals surface area contributed by atoms with Crippen molar-refractivity contribution in [2.75, 3.05) is 20.3 Å². The van der Waals surface area contributed by atoms with E-state index in [9.17, 15) is 0 Å². The molecule has 0 fully saturated rings. The second kappa shape index (κ2) is 13.5. The molecule has 0 radical (unpaired) electrons. The van der Waals surface area contributed by atoms with Crippen LogP contribution in [0.2, 0.25) is 0 Å². The summed E-state index contributed by atoms with van der Waals surface area (Å²) in [6.45, 7) is 9.79. The first-order valence-corrected chi connectivity index (χ1v) is 11.2. The zero-order chi connectivity index (χ0) is 22.5. The zero-order valence-electron chi connectivity index (χ0n) is 19.7. The van der Waals surface area contributed by atoms with E-state index in [-0.39, 0.29) is 0 Å². The molecule has 1 atom stereocenters. The summed E-state index contributed by atoms with van der Waals surface area (Å²) in [7, 11) is 1.56. The van der Waals surface area contributed by atoms with Crippen LogP contribution in [0.4, 0.5) is 0 Å². The molecule has 4 heteroatoms. The molecule has 0 saturated heterocycles. The molecule has 2 aromatic carbocycles. The molecule has 0 bridgehead atoms. The number of rotatable bonds is 13. The van der Waals surface area contributed by atoms with E-state index in [0.717, 1.165) is 47.6 Å². The minimum Gasteiger partial charge on any atom is -0.493 e. The fourth-order valence-corrected chi connectivity index (χ4v) is 3.59. The van der Waals surface area contributed by atoms with Crippen molar-refractivity contribution >= 4 is 6.21 Å². The van der Waals surface area contributed by atoms with Crippen molar-refractivity contribution in [1.29, 1.82) is 0 Å². The van der Waals surface area contributed by atoms with Gasteiger partial charge in [-0.15, -0.1) is 0 Å². The molecule has 2 aromatic rings. The number of hydrogen-bond acceptors (Lipinski definition) is 4. The average Bonchev–Trinajstić information content (AvgIpc) is 2.76. The Kier molecular flexibility index (Phi) is 10.7. The summed E-state index contributed by atoms with van der Waals surface area (Å²) in [5, 5.41) is 3.85. The van der Waals surface area contributed by atoms with E-state index < -0.39 is 0 Å².